The van der Waals surface area contributed by atoms with Gasteiger partial charge in [0.1, 0.15) is 0 Å². The van der Waals surface area contributed by atoms with Gasteiger partial charge in [0.15, 0.2) is 11.5 Å². The summed E-state index contributed by atoms with van der Waals surface area (Å²) in [7, 11) is 1.67. The summed E-state index contributed by atoms with van der Waals surface area (Å²) in [5.41, 5.74) is 7.35. The summed E-state index contributed by atoms with van der Waals surface area (Å²) < 4.78 is 11.5. The molecular formula is C24H40N2O3. The maximum absolute atomic E-state index is 12.7. The van der Waals surface area contributed by atoms with Crippen molar-refractivity contribution in [1.82, 2.24) is 4.90 Å². The van der Waals surface area contributed by atoms with Crippen LogP contribution in [0.1, 0.15) is 65.4 Å². The number of hydrogen-bond donors (Lipinski definition) is 1. The smallest absolute Gasteiger partial charge is 0.239 e. The highest BCUT2D eigenvalue weighted by Crippen LogP contribution is 2.38. The first-order valence-electron chi connectivity index (χ1n) is 11.2. The summed E-state index contributed by atoms with van der Waals surface area (Å²) >= 11 is 0. The van der Waals surface area contributed by atoms with E-state index in [-0.39, 0.29) is 5.91 Å². The summed E-state index contributed by atoms with van der Waals surface area (Å²) in [5, 5.41) is 0. The number of carbonyl (C=O) groups is 1. The average molecular weight is 405 g/mol. The quantitative estimate of drug-likeness (QED) is 0.695. The molecule has 2 fully saturated rings. The number of methoxy groups -OCH3 is 1. The van der Waals surface area contributed by atoms with Crippen molar-refractivity contribution in [3.05, 3.63) is 23.8 Å². The van der Waals surface area contributed by atoms with Crippen molar-refractivity contribution in [2.75, 3.05) is 26.8 Å². The number of rotatable bonds is 8. The van der Waals surface area contributed by atoms with Crippen molar-refractivity contribution >= 4 is 5.91 Å². The number of hydrogen-bond acceptors (Lipinski definition) is 4. The minimum Gasteiger partial charge on any atom is -0.493 e. The number of nitrogens with two attached hydrogens (primary N) is 1. The lowest BCUT2D eigenvalue weighted by Gasteiger charge is -2.22. The second-order valence-corrected chi connectivity index (χ2v) is 8.73. The van der Waals surface area contributed by atoms with Gasteiger partial charge in [-0.05, 0) is 54.7 Å². The fourth-order valence-electron chi connectivity index (χ4n) is 3.95. The Kier molecular flexibility index (Phi) is 8.81. The molecule has 164 valence electrons. The Balaban J connectivity index is 0.00000145. The zero-order valence-electron chi connectivity index (χ0n) is 19.1. The summed E-state index contributed by atoms with van der Waals surface area (Å²) in [6, 6.07) is 5.79. The lowest BCUT2D eigenvalue weighted by molar-refractivity contribution is -0.132. The molecule has 1 aliphatic heterocycles. The van der Waals surface area contributed by atoms with E-state index in [2.05, 4.69) is 32.9 Å². The van der Waals surface area contributed by atoms with Crippen molar-refractivity contribution in [2.45, 2.75) is 65.8 Å². The van der Waals surface area contributed by atoms with E-state index in [1.807, 2.05) is 24.8 Å². The van der Waals surface area contributed by atoms with Crippen molar-refractivity contribution in [3.8, 4) is 11.5 Å². The second kappa shape index (κ2) is 10.9. The molecule has 1 aliphatic carbocycles. The molecule has 0 bridgehead atoms. The average Bonchev–Trinajstić information content (AvgIpc) is 3.46. The van der Waals surface area contributed by atoms with Crippen LogP contribution in [0.15, 0.2) is 18.2 Å². The van der Waals surface area contributed by atoms with Gasteiger partial charge in [0.2, 0.25) is 5.91 Å². The Morgan fingerprint density at radius 3 is 2.48 bits per heavy atom. The highest BCUT2D eigenvalue weighted by Gasteiger charge is 2.35. The molecule has 2 aliphatic rings. The van der Waals surface area contributed by atoms with Crippen LogP contribution in [0, 0.1) is 17.8 Å². The van der Waals surface area contributed by atoms with Crippen LogP contribution >= 0.6 is 0 Å². The van der Waals surface area contributed by atoms with E-state index < -0.39 is 6.04 Å². The molecule has 29 heavy (non-hydrogen) atoms. The van der Waals surface area contributed by atoms with Gasteiger partial charge in [0, 0.05) is 19.0 Å². The zero-order valence-corrected chi connectivity index (χ0v) is 19.1. The van der Waals surface area contributed by atoms with Gasteiger partial charge < -0.3 is 20.1 Å². The van der Waals surface area contributed by atoms with Crippen molar-refractivity contribution < 1.29 is 14.3 Å². The van der Waals surface area contributed by atoms with Crippen molar-refractivity contribution in [2.24, 2.45) is 23.5 Å². The van der Waals surface area contributed by atoms with E-state index in [1.165, 1.54) is 18.4 Å². The van der Waals surface area contributed by atoms with Gasteiger partial charge in [-0.3, -0.25) is 4.79 Å². The van der Waals surface area contributed by atoms with E-state index in [0.29, 0.717) is 23.7 Å². The van der Waals surface area contributed by atoms with Gasteiger partial charge in [0.25, 0.3) is 0 Å². The predicted molar refractivity (Wildman–Crippen MR) is 118 cm³/mol. The van der Waals surface area contributed by atoms with Crippen LogP contribution in [0.25, 0.3) is 0 Å². The lowest BCUT2D eigenvalue weighted by Crippen LogP contribution is -2.43. The second-order valence-electron chi connectivity index (χ2n) is 8.73. The molecule has 2 N–H and O–H groups in total. The number of nitrogens with zero attached hydrogens (tertiary/aromatic N) is 1. The summed E-state index contributed by atoms with van der Waals surface area (Å²) in [4.78, 5) is 14.7. The molecule has 5 heteroatoms. The molecule has 1 aromatic rings. The molecule has 0 aromatic heterocycles. The minimum absolute atomic E-state index is 0.0803. The number of benzene rings is 1. The maximum atomic E-state index is 12.7. The van der Waals surface area contributed by atoms with E-state index in [4.69, 9.17) is 15.2 Å². The third-order valence-electron chi connectivity index (χ3n) is 5.75. The van der Waals surface area contributed by atoms with Crippen LogP contribution < -0.4 is 15.2 Å². The first kappa shape index (κ1) is 23.5. The minimum atomic E-state index is -0.399. The number of carbonyl (C=O) groups excluding carboxylic acids is 1. The molecule has 1 amide bonds. The number of amides is 1. The topological polar surface area (TPSA) is 64.8 Å². The van der Waals surface area contributed by atoms with Crippen LogP contribution in [0.2, 0.25) is 0 Å². The van der Waals surface area contributed by atoms with E-state index >= 15 is 0 Å². The molecule has 0 radical (unpaired) electrons. The molecule has 1 saturated heterocycles. The van der Waals surface area contributed by atoms with Gasteiger partial charge >= 0.3 is 0 Å². The summed E-state index contributed by atoms with van der Waals surface area (Å²) in [5.74, 6) is 3.48. The zero-order chi connectivity index (χ0) is 21.6. The normalized spacial score (nSPS) is 22.1. The van der Waals surface area contributed by atoms with Gasteiger partial charge in [-0.25, -0.2) is 0 Å². The van der Waals surface area contributed by atoms with Gasteiger partial charge in [0.05, 0.1) is 19.8 Å². The molecule has 1 heterocycles. The van der Waals surface area contributed by atoms with Crippen molar-refractivity contribution in [3.63, 3.8) is 0 Å². The lowest BCUT2D eigenvalue weighted by atomic mass is 9.90. The van der Waals surface area contributed by atoms with Gasteiger partial charge in [-0.1, -0.05) is 40.7 Å². The Morgan fingerprint density at radius 2 is 1.90 bits per heavy atom. The Labute approximate surface area is 176 Å². The molecule has 3 unspecified atom stereocenters. The highest BCUT2D eigenvalue weighted by molar-refractivity contribution is 5.82. The predicted octanol–water partition coefficient (Wildman–Crippen LogP) is 4.45. The van der Waals surface area contributed by atoms with Crippen molar-refractivity contribution in [1.29, 1.82) is 0 Å². The third kappa shape index (κ3) is 6.36. The number of ether oxygens (including phenoxy) is 2. The largest absolute Gasteiger partial charge is 0.493 e. The monoisotopic (exact) mass is 404 g/mol. The summed E-state index contributed by atoms with van der Waals surface area (Å²) in [6.45, 7) is 12.7. The summed E-state index contributed by atoms with van der Waals surface area (Å²) in [6.07, 6.45) is 3.25. The van der Waals surface area contributed by atoms with Crippen LogP contribution in [0.5, 0.6) is 11.5 Å². The van der Waals surface area contributed by atoms with Crippen LogP contribution in [-0.2, 0) is 4.79 Å². The Morgan fingerprint density at radius 1 is 1.21 bits per heavy atom. The van der Waals surface area contributed by atoms with Crippen LogP contribution in [-0.4, -0.2) is 43.7 Å². The molecule has 3 atom stereocenters. The van der Waals surface area contributed by atoms with E-state index in [1.54, 1.807) is 7.11 Å². The van der Waals surface area contributed by atoms with Gasteiger partial charge in [-0.15, -0.1) is 0 Å². The first-order chi connectivity index (χ1) is 13.9. The molecular weight excluding hydrogens is 364 g/mol. The fraction of sp³-hybridized carbons (Fsp3) is 0.708. The van der Waals surface area contributed by atoms with Crippen LogP contribution in [0.4, 0.5) is 0 Å². The van der Waals surface area contributed by atoms with E-state index in [9.17, 15) is 4.79 Å². The van der Waals surface area contributed by atoms with Gasteiger partial charge in [-0.2, -0.15) is 0 Å². The number of likely N-dealkylation sites (tertiary alicyclic amines) is 1. The SMILES string of the molecule is CC.COc1ccc(C2CN(C(=O)C(N)CC(C)C)CC2C)cc1OCC1CC1. The fourth-order valence-corrected chi connectivity index (χ4v) is 3.95. The molecule has 0 spiro atoms. The maximum Gasteiger partial charge on any atom is 0.239 e. The third-order valence-corrected chi connectivity index (χ3v) is 5.75. The molecule has 1 saturated carbocycles. The Bertz CT molecular complexity index is 658. The Hall–Kier alpha value is -1.75. The first-order valence-corrected chi connectivity index (χ1v) is 11.2. The molecule has 3 rings (SSSR count). The van der Waals surface area contributed by atoms with E-state index in [0.717, 1.165) is 37.6 Å². The van der Waals surface area contributed by atoms with Crippen LogP contribution in [0.3, 0.4) is 0 Å². The standard InChI is InChI=1S/C22H34N2O3.C2H6/c1-14(2)9-19(23)22(25)24-11-15(3)18(12-24)17-7-8-20(26-4)21(10-17)27-13-16-5-6-16;1-2/h7-8,10,14-16,18-19H,5-6,9,11-13,23H2,1-4H3;1-2H3. The highest BCUT2D eigenvalue weighted by atomic mass is 16.5. The molecule has 1 aromatic carbocycles. The molecule has 5 nitrogen and oxygen atoms in total.